The minimum absolute atomic E-state index is 0.0850. The van der Waals surface area contributed by atoms with Crippen molar-refractivity contribution >= 4 is 34.9 Å². The molecule has 11 heteroatoms. The number of nitrogens with zero attached hydrogens (tertiary/aromatic N) is 4. The number of hydrogen-bond donors (Lipinski definition) is 3. The summed E-state index contributed by atoms with van der Waals surface area (Å²) < 4.78 is 5.33. The van der Waals surface area contributed by atoms with Gasteiger partial charge in [0.1, 0.15) is 11.5 Å². The first-order valence-electron chi connectivity index (χ1n) is 10.4. The first-order chi connectivity index (χ1) is 15.9. The third kappa shape index (κ3) is 5.44. The summed E-state index contributed by atoms with van der Waals surface area (Å²) in [5, 5.41) is 32.8. The fourth-order valence-electron chi connectivity index (χ4n) is 3.73. The summed E-state index contributed by atoms with van der Waals surface area (Å²) in [4.78, 5) is 19.6. The van der Waals surface area contributed by atoms with Crippen molar-refractivity contribution in [3.05, 3.63) is 57.6 Å². The fourth-order valence-corrected chi connectivity index (χ4v) is 4.07. The van der Waals surface area contributed by atoms with E-state index in [-0.39, 0.29) is 40.8 Å². The number of carbonyl (C=O) groups is 1. The van der Waals surface area contributed by atoms with Crippen LogP contribution in [0.2, 0.25) is 10.0 Å². The number of benzene rings is 2. The van der Waals surface area contributed by atoms with E-state index < -0.39 is 5.66 Å². The molecule has 1 fully saturated rings. The molecule has 0 saturated carbocycles. The number of morpholine rings is 1. The normalized spacial score (nSPS) is 20.6. The van der Waals surface area contributed by atoms with Gasteiger partial charge >= 0.3 is 0 Å². The number of aromatic hydroxyl groups is 2. The van der Waals surface area contributed by atoms with Gasteiger partial charge in [0.05, 0.1) is 25.2 Å². The maximum Gasteiger partial charge on any atom is 0.224 e. The minimum atomic E-state index is -1.54. The second-order valence-electron chi connectivity index (χ2n) is 7.76. The van der Waals surface area contributed by atoms with Crippen LogP contribution in [0.3, 0.4) is 0 Å². The first kappa shape index (κ1) is 23.4. The molecule has 0 aromatic heterocycles. The Morgan fingerprint density at radius 2 is 1.79 bits per heavy atom. The molecular weight excluding hydrogens is 469 g/mol. The van der Waals surface area contributed by atoms with Crippen LogP contribution < -0.4 is 5.32 Å². The number of azo groups is 1. The molecule has 1 amide bonds. The topological polar surface area (TPSA) is 119 Å². The number of aliphatic imine (C=N–C) groups is 1. The van der Waals surface area contributed by atoms with Crippen LogP contribution in [0.15, 0.2) is 51.6 Å². The van der Waals surface area contributed by atoms with Crippen molar-refractivity contribution in [3.8, 4) is 11.5 Å². The van der Waals surface area contributed by atoms with E-state index in [2.05, 4.69) is 25.4 Å². The number of phenolic OH excluding ortho intramolecular Hbond substituents is 2. The maximum absolute atomic E-state index is 12.9. The Bertz CT molecular complexity index is 1100. The van der Waals surface area contributed by atoms with Crippen LogP contribution >= 0.6 is 23.2 Å². The highest BCUT2D eigenvalue weighted by Gasteiger charge is 2.41. The molecule has 2 aromatic carbocycles. The van der Waals surface area contributed by atoms with Crippen molar-refractivity contribution in [2.45, 2.75) is 12.1 Å². The molecule has 0 bridgehead atoms. The third-order valence-electron chi connectivity index (χ3n) is 5.45. The molecule has 0 radical (unpaired) electrons. The summed E-state index contributed by atoms with van der Waals surface area (Å²) in [5.41, 5.74) is -1.04. The van der Waals surface area contributed by atoms with Crippen molar-refractivity contribution in [3.63, 3.8) is 0 Å². The summed E-state index contributed by atoms with van der Waals surface area (Å²) >= 11 is 12.2. The summed E-state index contributed by atoms with van der Waals surface area (Å²) in [7, 11) is 0. The number of amides is 1. The van der Waals surface area contributed by atoms with Crippen LogP contribution in [0, 0.1) is 0 Å². The predicted octanol–water partition coefficient (Wildman–Crippen LogP) is 3.31. The van der Waals surface area contributed by atoms with Gasteiger partial charge in [0.25, 0.3) is 0 Å². The van der Waals surface area contributed by atoms with Gasteiger partial charge in [0.15, 0.2) is 5.84 Å². The van der Waals surface area contributed by atoms with Crippen LogP contribution in [0.1, 0.15) is 17.5 Å². The van der Waals surface area contributed by atoms with Crippen molar-refractivity contribution < 1.29 is 19.7 Å². The Kier molecular flexibility index (Phi) is 7.14. The SMILES string of the molecule is O=C(CC1(c2cc(Cl)ccc2O)N=NC(c2cc(Cl)ccc2O)=N1)NCCN1CCOCC1. The predicted molar refractivity (Wildman–Crippen MR) is 124 cm³/mol. The average molecular weight is 492 g/mol. The van der Waals surface area contributed by atoms with Gasteiger partial charge in [0.2, 0.25) is 11.6 Å². The minimum Gasteiger partial charge on any atom is -0.507 e. The van der Waals surface area contributed by atoms with Gasteiger partial charge in [-0.15, -0.1) is 5.11 Å². The Morgan fingerprint density at radius 1 is 1.09 bits per heavy atom. The highest BCUT2D eigenvalue weighted by molar-refractivity contribution is 6.31. The van der Waals surface area contributed by atoms with Gasteiger partial charge in [-0.25, -0.2) is 4.99 Å². The van der Waals surface area contributed by atoms with Gasteiger partial charge < -0.3 is 20.3 Å². The lowest BCUT2D eigenvalue weighted by molar-refractivity contribution is -0.122. The summed E-state index contributed by atoms with van der Waals surface area (Å²) in [6.07, 6.45) is -0.210. The molecule has 4 rings (SSSR count). The van der Waals surface area contributed by atoms with Crippen molar-refractivity contribution in [1.82, 2.24) is 10.2 Å². The molecule has 1 unspecified atom stereocenters. The Morgan fingerprint density at radius 3 is 2.55 bits per heavy atom. The fraction of sp³-hybridized carbons (Fsp3) is 0.364. The molecule has 0 spiro atoms. The lowest BCUT2D eigenvalue weighted by atomic mass is 9.95. The maximum atomic E-state index is 12.9. The van der Waals surface area contributed by atoms with Crippen LogP contribution in [-0.2, 0) is 15.2 Å². The van der Waals surface area contributed by atoms with Crippen molar-refractivity contribution in [1.29, 1.82) is 0 Å². The van der Waals surface area contributed by atoms with Gasteiger partial charge in [-0.05, 0) is 36.4 Å². The first-order valence-corrected chi connectivity index (χ1v) is 11.2. The average Bonchev–Trinajstić information content (AvgIpc) is 3.22. The number of hydrogen-bond acceptors (Lipinski definition) is 8. The Hall–Kier alpha value is -2.72. The molecule has 2 aromatic rings. The smallest absolute Gasteiger partial charge is 0.224 e. The monoisotopic (exact) mass is 491 g/mol. The highest BCUT2D eigenvalue weighted by atomic mass is 35.5. The van der Waals surface area contributed by atoms with Crippen LogP contribution in [-0.4, -0.2) is 66.2 Å². The van der Waals surface area contributed by atoms with E-state index in [0.29, 0.717) is 36.3 Å². The number of nitrogens with one attached hydrogen (secondary N) is 1. The molecule has 1 atom stereocenters. The van der Waals surface area contributed by atoms with Gasteiger partial charge in [0, 0.05) is 41.8 Å². The molecule has 9 nitrogen and oxygen atoms in total. The van der Waals surface area contributed by atoms with Gasteiger partial charge in [-0.1, -0.05) is 23.2 Å². The van der Waals surface area contributed by atoms with E-state index in [1.165, 1.54) is 36.4 Å². The Labute approximate surface area is 200 Å². The standard InChI is InChI=1S/C22H23Cl2N5O4/c23-14-1-3-18(30)16(11-14)21-26-22(28-27-21,17-12-15(24)2-4-19(17)31)13-20(32)25-5-6-29-7-9-33-10-8-29/h1-4,11-12,30-31H,5-10,13H2,(H,25,32). The summed E-state index contributed by atoms with van der Waals surface area (Å²) in [6.45, 7) is 4.14. The Balaban J connectivity index is 1.59. The number of halogens is 2. The van der Waals surface area contributed by atoms with E-state index in [4.69, 9.17) is 27.9 Å². The van der Waals surface area contributed by atoms with E-state index >= 15 is 0 Å². The molecule has 3 N–H and O–H groups in total. The number of rotatable bonds is 7. The zero-order valence-electron chi connectivity index (χ0n) is 17.7. The number of amidine groups is 1. The zero-order valence-corrected chi connectivity index (χ0v) is 19.2. The molecule has 2 heterocycles. The summed E-state index contributed by atoms with van der Waals surface area (Å²) in [6, 6.07) is 8.90. The van der Waals surface area contributed by atoms with Gasteiger partial charge in [-0.2, -0.15) is 5.11 Å². The molecule has 2 aliphatic rings. The van der Waals surface area contributed by atoms with Crippen molar-refractivity contribution in [2.24, 2.45) is 15.2 Å². The second-order valence-corrected chi connectivity index (χ2v) is 8.63. The van der Waals surface area contributed by atoms with Crippen molar-refractivity contribution in [2.75, 3.05) is 39.4 Å². The molecule has 174 valence electrons. The lowest BCUT2D eigenvalue weighted by Crippen LogP contribution is -2.42. The number of carbonyl (C=O) groups excluding carboxylic acids is 1. The second kappa shape index (κ2) is 10.0. The van der Waals surface area contributed by atoms with E-state index in [0.717, 1.165) is 13.1 Å². The van der Waals surface area contributed by atoms with Crippen LogP contribution in [0.25, 0.3) is 0 Å². The lowest BCUT2D eigenvalue weighted by Gasteiger charge is -2.27. The largest absolute Gasteiger partial charge is 0.507 e. The molecule has 2 aliphatic heterocycles. The molecule has 33 heavy (non-hydrogen) atoms. The highest BCUT2D eigenvalue weighted by Crippen LogP contribution is 2.42. The van der Waals surface area contributed by atoms with E-state index in [1.54, 1.807) is 0 Å². The zero-order chi connectivity index (χ0) is 23.4. The van der Waals surface area contributed by atoms with Crippen LogP contribution in [0.4, 0.5) is 0 Å². The van der Waals surface area contributed by atoms with E-state index in [9.17, 15) is 15.0 Å². The van der Waals surface area contributed by atoms with E-state index in [1.807, 2.05) is 0 Å². The molecule has 0 aliphatic carbocycles. The summed E-state index contributed by atoms with van der Waals surface area (Å²) in [5.74, 6) is -0.435. The quantitative estimate of drug-likeness (QED) is 0.548. The molecular formula is C22H23Cl2N5O4. The number of ether oxygens (including phenoxy) is 1. The van der Waals surface area contributed by atoms with Gasteiger partial charge in [-0.3, -0.25) is 9.69 Å². The van der Waals surface area contributed by atoms with Crippen LogP contribution in [0.5, 0.6) is 11.5 Å². The third-order valence-corrected chi connectivity index (χ3v) is 5.92. The molecule has 1 saturated heterocycles. The number of phenols is 2.